The molecule has 0 saturated carbocycles. The smallest absolute Gasteiger partial charge is 0.253 e. The van der Waals surface area contributed by atoms with Crippen molar-refractivity contribution in [1.29, 1.82) is 0 Å². The van der Waals surface area contributed by atoms with E-state index in [-0.39, 0.29) is 12.0 Å². The minimum Gasteiger partial charge on any atom is -0.368 e. The Hall–Kier alpha value is -2.13. The summed E-state index contributed by atoms with van der Waals surface area (Å²) in [4.78, 5) is 11.9. The van der Waals surface area contributed by atoms with Crippen LogP contribution in [0.2, 0.25) is 0 Å². The molecular weight excluding hydrogens is 250 g/mol. The van der Waals surface area contributed by atoms with E-state index in [2.05, 4.69) is 17.4 Å². The van der Waals surface area contributed by atoms with Gasteiger partial charge in [-0.3, -0.25) is 4.79 Å². The quantitative estimate of drug-likeness (QED) is 0.924. The predicted octanol–water partition coefficient (Wildman–Crippen LogP) is 3.47. The largest absolute Gasteiger partial charge is 0.368 e. The molecule has 3 heteroatoms. The molecule has 2 aromatic carbocycles. The summed E-state index contributed by atoms with van der Waals surface area (Å²) < 4.78 is 5.37. The minimum absolute atomic E-state index is 0.0463. The molecule has 1 atom stereocenters. The van der Waals surface area contributed by atoms with Gasteiger partial charge in [0.15, 0.2) is 0 Å². The number of hydrogen-bond donors (Lipinski definition) is 1. The van der Waals surface area contributed by atoms with E-state index >= 15 is 0 Å². The number of benzene rings is 2. The van der Waals surface area contributed by atoms with E-state index < -0.39 is 0 Å². The van der Waals surface area contributed by atoms with Crippen LogP contribution in [-0.2, 0) is 9.53 Å². The molecule has 20 heavy (non-hydrogen) atoms. The molecule has 1 aliphatic heterocycles. The van der Waals surface area contributed by atoms with Gasteiger partial charge in [-0.25, -0.2) is 0 Å². The highest BCUT2D eigenvalue weighted by Crippen LogP contribution is 2.21. The van der Waals surface area contributed by atoms with Crippen LogP contribution < -0.4 is 5.32 Å². The Morgan fingerprint density at radius 1 is 1.00 bits per heavy atom. The lowest BCUT2D eigenvalue weighted by Gasteiger charge is -2.11. The molecule has 1 aliphatic rings. The average Bonchev–Trinajstić information content (AvgIpc) is 3.03. The molecule has 1 N–H and O–H groups in total. The Morgan fingerprint density at radius 2 is 1.70 bits per heavy atom. The van der Waals surface area contributed by atoms with Crippen molar-refractivity contribution in [3.05, 3.63) is 54.6 Å². The summed E-state index contributed by atoms with van der Waals surface area (Å²) in [5.74, 6) is -0.0463. The Morgan fingerprint density at radius 3 is 2.35 bits per heavy atom. The minimum atomic E-state index is -0.288. The van der Waals surface area contributed by atoms with E-state index in [4.69, 9.17) is 4.74 Å². The summed E-state index contributed by atoms with van der Waals surface area (Å²) in [5.41, 5.74) is 3.12. The van der Waals surface area contributed by atoms with Gasteiger partial charge >= 0.3 is 0 Å². The molecule has 1 fully saturated rings. The molecule has 3 nitrogen and oxygen atoms in total. The maximum Gasteiger partial charge on any atom is 0.253 e. The van der Waals surface area contributed by atoms with E-state index in [0.29, 0.717) is 6.61 Å². The van der Waals surface area contributed by atoms with Gasteiger partial charge in [-0.2, -0.15) is 0 Å². The third kappa shape index (κ3) is 2.89. The van der Waals surface area contributed by atoms with Crippen LogP contribution in [0.25, 0.3) is 11.1 Å². The van der Waals surface area contributed by atoms with Crippen LogP contribution in [-0.4, -0.2) is 18.6 Å². The van der Waals surface area contributed by atoms with Gasteiger partial charge in [0.2, 0.25) is 0 Å². The van der Waals surface area contributed by atoms with Gasteiger partial charge in [0.05, 0.1) is 0 Å². The van der Waals surface area contributed by atoms with Crippen molar-refractivity contribution >= 4 is 11.6 Å². The lowest BCUT2D eigenvalue weighted by molar-refractivity contribution is -0.124. The number of amides is 1. The molecule has 0 unspecified atom stereocenters. The SMILES string of the molecule is O=C(Nc1ccc(-c2ccccc2)cc1)[C@H]1CCCO1. The Balaban J connectivity index is 1.68. The van der Waals surface area contributed by atoms with Crippen LogP contribution in [0.3, 0.4) is 0 Å². The zero-order valence-electron chi connectivity index (χ0n) is 11.2. The van der Waals surface area contributed by atoms with Gasteiger partial charge in [-0.05, 0) is 36.1 Å². The number of hydrogen-bond acceptors (Lipinski definition) is 2. The Kier molecular flexibility index (Phi) is 3.79. The number of carbonyl (C=O) groups excluding carboxylic acids is 1. The zero-order chi connectivity index (χ0) is 13.8. The molecule has 0 radical (unpaired) electrons. The summed E-state index contributed by atoms with van der Waals surface area (Å²) in [6, 6.07) is 18.1. The highest BCUT2D eigenvalue weighted by molar-refractivity contribution is 5.94. The van der Waals surface area contributed by atoms with Gasteiger partial charge in [0.1, 0.15) is 6.10 Å². The highest BCUT2D eigenvalue weighted by atomic mass is 16.5. The zero-order valence-corrected chi connectivity index (χ0v) is 11.2. The third-order valence-electron chi connectivity index (χ3n) is 3.48. The normalized spacial score (nSPS) is 17.9. The molecule has 1 heterocycles. The summed E-state index contributed by atoms with van der Waals surface area (Å²) >= 11 is 0. The van der Waals surface area contributed by atoms with Crippen LogP contribution in [0.5, 0.6) is 0 Å². The monoisotopic (exact) mass is 267 g/mol. The number of rotatable bonds is 3. The topological polar surface area (TPSA) is 38.3 Å². The van der Waals surface area contributed by atoms with Crippen molar-refractivity contribution in [1.82, 2.24) is 0 Å². The second-order valence-electron chi connectivity index (χ2n) is 4.93. The summed E-state index contributed by atoms with van der Waals surface area (Å²) in [5, 5.41) is 2.90. The van der Waals surface area contributed by atoms with Crippen LogP contribution in [0, 0.1) is 0 Å². The first-order valence-corrected chi connectivity index (χ1v) is 6.91. The maximum absolute atomic E-state index is 11.9. The second kappa shape index (κ2) is 5.88. The molecule has 0 aliphatic carbocycles. The fourth-order valence-electron chi connectivity index (χ4n) is 2.38. The first-order valence-electron chi connectivity index (χ1n) is 6.91. The average molecular weight is 267 g/mol. The number of carbonyl (C=O) groups is 1. The van der Waals surface area contributed by atoms with Crippen LogP contribution in [0.1, 0.15) is 12.8 Å². The van der Waals surface area contributed by atoms with Crippen molar-refractivity contribution in [2.75, 3.05) is 11.9 Å². The van der Waals surface area contributed by atoms with Crippen LogP contribution in [0.4, 0.5) is 5.69 Å². The fourth-order valence-corrected chi connectivity index (χ4v) is 2.38. The molecular formula is C17H17NO2. The second-order valence-corrected chi connectivity index (χ2v) is 4.93. The van der Waals surface area contributed by atoms with Crippen molar-refractivity contribution < 1.29 is 9.53 Å². The van der Waals surface area contributed by atoms with E-state index in [1.54, 1.807) is 0 Å². The van der Waals surface area contributed by atoms with Gasteiger partial charge in [0.25, 0.3) is 5.91 Å². The van der Waals surface area contributed by atoms with Gasteiger partial charge in [0, 0.05) is 12.3 Å². The Labute approximate surface area is 118 Å². The lowest BCUT2D eigenvalue weighted by atomic mass is 10.1. The molecule has 0 bridgehead atoms. The third-order valence-corrected chi connectivity index (χ3v) is 3.48. The van der Waals surface area contributed by atoms with Crippen LogP contribution >= 0.6 is 0 Å². The van der Waals surface area contributed by atoms with Crippen LogP contribution in [0.15, 0.2) is 54.6 Å². The molecule has 2 aromatic rings. The lowest BCUT2D eigenvalue weighted by Crippen LogP contribution is -2.26. The molecule has 1 saturated heterocycles. The fraction of sp³-hybridized carbons (Fsp3) is 0.235. The molecule has 102 valence electrons. The van der Waals surface area contributed by atoms with E-state index in [1.165, 1.54) is 5.56 Å². The first kappa shape index (κ1) is 12.9. The van der Waals surface area contributed by atoms with Crippen molar-refractivity contribution in [3.63, 3.8) is 0 Å². The van der Waals surface area contributed by atoms with Gasteiger partial charge < -0.3 is 10.1 Å². The first-order chi connectivity index (χ1) is 9.83. The predicted molar refractivity (Wildman–Crippen MR) is 79.5 cm³/mol. The standard InChI is InChI=1S/C17H17NO2/c19-17(16-7-4-12-20-16)18-15-10-8-14(9-11-15)13-5-2-1-3-6-13/h1-3,5-6,8-11,16H,4,7,12H2,(H,18,19)/t16-/m1/s1. The van der Waals surface area contributed by atoms with Crippen molar-refractivity contribution in [2.45, 2.75) is 18.9 Å². The Bertz CT molecular complexity index is 572. The highest BCUT2D eigenvalue weighted by Gasteiger charge is 2.23. The molecule has 3 rings (SSSR count). The van der Waals surface area contributed by atoms with Crippen molar-refractivity contribution in [3.8, 4) is 11.1 Å². The van der Waals surface area contributed by atoms with E-state index in [1.807, 2.05) is 42.5 Å². The number of nitrogens with one attached hydrogen (secondary N) is 1. The summed E-state index contributed by atoms with van der Waals surface area (Å²) in [6.45, 7) is 0.686. The number of ether oxygens (including phenoxy) is 1. The molecule has 0 aromatic heterocycles. The maximum atomic E-state index is 11.9. The summed E-state index contributed by atoms with van der Waals surface area (Å²) in [6.07, 6.45) is 1.49. The van der Waals surface area contributed by atoms with Crippen molar-refractivity contribution in [2.24, 2.45) is 0 Å². The summed E-state index contributed by atoms with van der Waals surface area (Å²) in [7, 11) is 0. The van der Waals surface area contributed by atoms with Gasteiger partial charge in [-0.15, -0.1) is 0 Å². The van der Waals surface area contributed by atoms with E-state index in [9.17, 15) is 4.79 Å². The number of anilines is 1. The molecule has 0 spiro atoms. The van der Waals surface area contributed by atoms with Gasteiger partial charge in [-0.1, -0.05) is 42.5 Å². The van der Waals surface area contributed by atoms with E-state index in [0.717, 1.165) is 24.1 Å². The molecule has 1 amide bonds.